The Hall–Kier alpha value is -4.48. The van der Waals surface area contributed by atoms with Crippen LogP contribution in [0.5, 0.6) is 5.75 Å². The molecule has 2 aromatic rings. The van der Waals surface area contributed by atoms with Gasteiger partial charge in [-0.1, -0.05) is 42.5 Å². The van der Waals surface area contributed by atoms with Gasteiger partial charge in [0.15, 0.2) is 0 Å². The zero-order valence-corrected chi connectivity index (χ0v) is 28.1. The highest BCUT2D eigenvalue weighted by Gasteiger charge is 2.75. The van der Waals surface area contributed by atoms with Crippen molar-refractivity contribution in [2.75, 3.05) is 38.3 Å². The standard InChI is InChI=1S/C38H47N3O8/c1-4-6-15-31(43)39-25-30(26-13-9-7-10-14-26)48-37(46)32-29-20-21-38(49-29)33(32)35(44)41(23-11-8-12-24-42)34(38)36(45)40(22-5-2)27-16-18-28(47-3)19-17-27/h4-5,7,9-10,13-14,16-19,29-30,32-34,42H,1-2,6,8,11-12,15,20-25H2,3H3,(H,39,43)/t29-,30-,32+,33+,34-,38+/m0/s1. The molecular formula is C38H47N3O8. The maximum atomic E-state index is 14.7. The van der Waals surface area contributed by atoms with Crippen LogP contribution in [-0.4, -0.2) is 84.8 Å². The molecule has 2 N–H and O–H groups in total. The molecular weight excluding hydrogens is 626 g/mol. The molecule has 0 unspecified atom stereocenters. The zero-order chi connectivity index (χ0) is 35.0. The monoisotopic (exact) mass is 673 g/mol. The third kappa shape index (κ3) is 7.43. The van der Waals surface area contributed by atoms with Crippen LogP contribution < -0.4 is 15.0 Å². The number of benzene rings is 2. The number of hydrogen-bond donors (Lipinski definition) is 2. The predicted molar refractivity (Wildman–Crippen MR) is 184 cm³/mol. The third-order valence-corrected chi connectivity index (χ3v) is 9.82. The number of aliphatic hydroxyl groups is 1. The Morgan fingerprint density at radius 2 is 1.86 bits per heavy atom. The molecule has 11 nitrogen and oxygen atoms in total. The average molecular weight is 674 g/mol. The van der Waals surface area contributed by atoms with Crippen LogP contribution in [0, 0.1) is 11.8 Å². The molecule has 3 aliphatic rings. The van der Waals surface area contributed by atoms with Crippen LogP contribution in [0.15, 0.2) is 79.9 Å². The first-order valence-electron chi connectivity index (χ1n) is 17.1. The SMILES string of the molecule is C=CCCC(=O)NC[C@H](OC(=O)[C@@H]1[C@@H]2CC[C@]3(O2)[C@H](C(=O)N(CC=C)c2ccc(OC)cc2)N(CCCCCO)C(=O)[C@@H]13)c1ccccc1. The Morgan fingerprint density at radius 3 is 2.53 bits per heavy atom. The molecule has 0 radical (unpaired) electrons. The number of esters is 1. The number of carbonyl (C=O) groups is 4. The summed E-state index contributed by atoms with van der Waals surface area (Å²) >= 11 is 0. The average Bonchev–Trinajstić information content (AvgIpc) is 3.77. The van der Waals surface area contributed by atoms with Crippen molar-refractivity contribution in [1.29, 1.82) is 0 Å². The minimum atomic E-state index is -1.22. The van der Waals surface area contributed by atoms with Crippen molar-refractivity contribution in [2.24, 2.45) is 11.8 Å². The number of rotatable bonds is 18. The number of carbonyl (C=O) groups excluding carboxylic acids is 4. The third-order valence-electron chi connectivity index (χ3n) is 9.82. The smallest absolute Gasteiger partial charge is 0.313 e. The molecule has 2 bridgehead atoms. The fourth-order valence-corrected chi connectivity index (χ4v) is 7.52. The Morgan fingerprint density at radius 1 is 1.10 bits per heavy atom. The van der Waals surface area contributed by atoms with E-state index in [0.29, 0.717) is 55.5 Å². The number of nitrogens with zero attached hydrogens (tertiary/aromatic N) is 2. The Balaban J connectivity index is 1.44. The second-order valence-electron chi connectivity index (χ2n) is 12.8. The largest absolute Gasteiger partial charge is 0.497 e. The number of fused-ring (bicyclic) bond motifs is 1. The fraction of sp³-hybridized carbons (Fsp3) is 0.474. The Bertz CT molecular complexity index is 1500. The van der Waals surface area contributed by atoms with Crippen molar-refractivity contribution in [1.82, 2.24) is 10.2 Å². The van der Waals surface area contributed by atoms with Crippen molar-refractivity contribution >= 4 is 29.4 Å². The summed E-state index contributed by atoms with van der Waals surface area (Å²) in [5, 5.41) is 12.2. The van der Waals surface area contributed by atoms with E-state index >= 15 is 0 Å². The topological polar surface area (TPSA) is 135 Å². The van der Waals surface area contributed by atoms with Crippen molar-refractivity contribution in [3.63, 3.8) is 0 Å². The van der Waals surface area contributed by atoms with Crippen LogP contribution in [0.2, 0.25) is 0 Å². The summed E-state index contributed by atoms with van der Waals surface area (Å²) in [5.41, 5.74) is 0.101. The van der Waals surface area contributed by atoms with E-state index in [9.17, 15) is 24.3 Å². The molecule has 6 atom stereocenters. The lowest BCUT2D eigenvalue weighted by Gasteiger charge is -2.37. The maximum Gasteiger partial charge on any atom is 0.313 e. The van der Waals surface area contributed by atoms with Gasteiger partial charge in [-0.15, -0.1) is 13.2 Å². The van der Waals surface area contributed by atoms with Gasteiger partial charge in [0, 0.05) is 31.8 Å². The van der Waals surface area contributed by atoms with E-state index in [-0.39, 0.29) is 50.4 Å². The molecule has 3 heterocycles. The van der Waals surface area contributed by atoms with Crippen LogP contribution in [0.1, 0.15) is 56.6 Å². The lowest BCUT2D eigenvalue weighted by molar-refractivity contribution is -0.160. The van der Waals surface area contributed by atoms with Gasteiger partial charge in [0.2, 0.25) is 11.8 Å². The number of anilines is 1. The van der Waals surface area contributed by atoms with E-state index in [1.54, 1.807) is 53.3 Å². The summed E-state index contributed by atoms with van der Waals surface area (Å²) in [6, 6.07) is 15.3. The first-order chi connectivity index (χ1) is 23.8. The van der Waals surface area contributed by atoms with E-state index in [2.05, 4.69) is 18.5 Å². The van der Waals surface area contributed by atoms with Gasteiger partial charge in [-0.05, 0) is 68.4 Å². The number of amides is 3. The van der Waals surface area contributed by atoms with Gasteiger partial charge in [0.25, 0.3) is 5.91 Å². The quantitative estimate of drug-likeness (QED) is 0.137. The van der Waals surface area contributed by atoms with Gasteiger partial charge in [-0.25, -0.2) is 0 Å². The number of allylic oxidation sites excluding steroid dienone is 1. The molecule has 3 fully saturated rings. The van der Waals surface area contributed by atoms with E-state index in [1.807, 2.05) is 30.3 Å². The number of hydrogen-bond acceptors (Lipinski definition) is 8. The fourth-order valence-electron chi connectivity index (χ4n) is 7.52. The molecule has 3 aliphatic heterocycles. The highest BCUT2D eigenvalue weighted by atomic mass is 16.6. The van der Waals surface area contributed by atoms with Gasteiger partial charge in [-0.3, -0.25) is 19.2 Å². The Kier molecular flexibility index (Phi) is 11.9. The summed E-state index contributed by atoms with van der Waals surface area (Å²) < 4.78 is 18.1. The summed E-state index contributed by atoms with van der Waals surface area (Å²) in [7, 11) is 1.57. The summed E-state index contributed by atoms with van der Waals surface area (Å²) in [4.78, 5) is 58.9. The molecule has 0 aliphatic carbocycles. The predicted octanol–water partition coefficient (Wildman–Crippen LogP) is 4.12. The summed E-state index contributed by atoms with van der Waals surface area (Å²) in [6.07, 6.45) is 5.43. The number of unbranched alkanes of at least 4 members (excludes halogenated alkanes) is 2. The van der Waals surface area contributed by atoms with E-state index in [1.165, 1.54) is 0 Å². The maximum absolute atomic E-state index is 14.7. The lowest BCUT2D eigenvalue weighted by atomic mass is 9.70. The zero-order valence-electron chi connectivity index (χ0n) is 28.1. The van der Waals surface area contributed by atoms with E-state index in [4.69, 9.17) is 14.2 Å². The van der Waals surface area contributed by atoms with Crippen molar-refractivity contribution < 1.29 is 38.5 Å². The minimum Gasteiger partial charge on any atom is -0.497 e. The van der Waals surface area contributed by atoms with Crippen LogP contribution in [0.4, 0.5) is 5.69 Å². The molecule has 0 aromatic heterocycles. The lowest BCUT2D eigenvalue weighted by Crippen LogP contribution is -2.56. The van der Waals surface area contributed by atoms with Crippen molar-refractivity contribution in [2.45, 2.75) is 68.8 Å². The first kappa shape index (κ1) is 35.8. The molecule has 0 saturated carbocycles. The van der Waals surface area contributed by atoms with Gasteiger partial charge in [0.1, 0.15) is 23.5 Å². The molecule has 5 rings (SSSR count). The van der Waals surface area contributed by atoms with Gasteiger partial charge in [0.05, 0.1) is 31.6 Å². The number of likely N-dealkylation sites (tertiary alicyclic amines) is 1. The number of nitrogens with one attached hydrogen (secondary N) is 1. The first-order valence-corrected chi connectivity index (χ1v) is 17.1. The molecule has 3 saturated heterocycles. The minimum absolute atomic E-state index is 0.0312. The molecule has 49 heavy (non-hydrogen) atoms. The van der Waals surface area contributed by atoms with Gasteiger partial charge >= 0.3 is 5.97 Å². The normalized spacial score (nSPS) is 24.2. The Labute approximate surface area is 287 Å². The van der Waals surface area contributed by atoms with Crippen LogP contribution in [0.25, 0.3) is 0 Å². The molecule has 262 valence electrons. The molecule has 2 aromatic carbocycles. The van der Waals surface area contributed by atoms with Crippen LogP contribution in [0.3, 0.4) is 0 Å². The second kappa shape index (κ2) is 16.3. The van der Waals surface area contributed by atoms with Crippen molar-refractivity contribution in [3.05, 3.63) is 85.5 Å². The highest BCUT2D eigenvalue weighted by Crippen LogP contribution is 2.59. The second-order valence-corrected chi connectivity index (χ2v) is 12.8. The van der Waals surface area contributed by atoms with E-state index in [0.717, 1.165) is 0 Å². The molecule has 1 spiro atoms. The van der Waals surface area contributed by atoms with Crippen LogP contribution >= 0.6 is 0 Å². The number of aliphatic hydroxyl groups excluding tert-OH is 1. The van der Waals surface area contributed by atoms with Gasteiger partial charge in [-0.2, -0.15) is 0 Å². The van der Waals surface area contributed by atoms with Crippen molar-refractivity contribution in [3.8, 4) is 5.75 Å². The van der Waals surface area contributed by atoms with Crippen LogP contribution in [-0.2, 0) is 28.7 Å². The highest BCUT2D eigenvalue weighted by molar-refractivity contribution is 6.04. The molecule has 3 amide bonds. The number of ether oxygens (including phenoxy) is 3. The van der Waals surface area contributed by atoms with E-state index < -0.39 is 41.7 Å². The summed E-state index contributed by atoms with van der Waals surface area (Å²) in [6.45, 7) is 8.09. The summed E-state index contributed by atoms with van der Waals surface area (Å²) in [5.74, 6) is -2.61. The number of methoxy groups -OCH3 is 1. The molecule has 11 heteroatoms. The van der Waals surface area contributed by atoms with Gasteiger partial charge < -0.3 is 34.4 Å².